The first-order chi connectivity index (χ1) is 9.00. The molecule has 0 fully saturated rings. The van der Waals surface area contributed by atoms with Crippen LogP contribution >= 0.6 is 11.6 Å². The average molecular weight is 298 g/mol. The summed E-state index contributed by atoms with van der Waals surface area (Å²) in [6.45, 7) is 0.284. The smallest absolute Gasteiger partial charge is 0.225 e. The van der Waals surface area contributed by atoms with Crippen LogP contribution in [0, 0.1) is 0 Å². The first-order valence-electron chi connectivity index (χ1n) is 5.48. The molecule has 0 N–H and O–H groups in total. The molecule has 5 nitrogen and oxygen atoms in total. The van der Waals surface area contributed by atoms with E-state index in [0.717, 1.165) is 5.56 Å². The van der Waals surface area contributed by atoms with E-state index in [2.05, 4.69) is 9.97 Å². The first kappa shape index (κ1) is 13.9. The van der Waals surface area contributed by atoms with Gasteiger partial charge in [-0.05, 0) is 17.2 Å². The van der Waals surface area contributed by atoms with Gasteiger partial charge in [-0.2, -0.15) is 4.31 Å². The van der Waals surface area contributed by atoms with Crippen molar-refractivity contribution < 1.29 is 8.42 Å². The Hall–Kier alpha value is -1.50. The molecule has 1 aromatic heterocycles. The molecule has 1 heterocycles. The molecule has 0 spiro atoms. The van der Waals surface area contributed by atoms with Crippen LogP contribution in [-0.4, -0.2) is 29.7 Å². The predicted molar refractivity (Wildman–Crippen MR) is 72.1 cm³/mol. The zero-order valence-corrected chi connectivity index (χ0v) is 11.8. The summed E-state index contributed by atoms with van der Waals surface area (Å²) >= 11 is 5.54. The second kappa shape index (κ2) is 5.64. The summed E-state index contributed by atoms with van der Waals surface area (Å²) in [4.78, 5) is 7.39. The van der Waals surface area contributed by atoms with Crippen LogP contribution in [0.25, 0.3) is 0 Å². The summed E-state index contributed by atoms with van der Waals surface area (Å²) < 4.78 is 25.7. The fourth-order valence-electron chi connectivity index (χ4n) is 1.54. The van der Waals surface area contributed by atoms with Crippen LogP contribution in [0.5, 0.6) is 0 Å². The Bertz CT molecular complexity index is 644. The number of sulfonamides is 1. The van der Waals surface area contributed by atoms with Gasteiger partial charge in [-0.1, -0.05) is 30.3 Å². The Morgan fingerprint density at radius 2 is 1.74 bits per heavy atom. The van der Waals surface area contributed by atoms with E-state index in [1.54, 1.807) is 0 Å². The van der Waals surface area contributed by atoms with Crippen molar-refractivity contribution in [3.63, 3.8) is 0 Å². The fraction of sp³-hybridized carbons (Fsp3) is 0.167. The molecule has 0 unspecified atom stereocenters. The Kier molecular flexibility index (Phi) is 4.14. The maximum Gasteiger partial charge on any atom is 0.246 e. The summed E-state index contributed by atoms with van der Waals surface area (Å²) in [5, 5.41) is 0.0182. The normalized spacial score (nSPS) is 11.7. The van der Waals surface area contributed by atoms with Crippen LogP contribution < -0.4 is 0 Å². The maximum absolute atomic E-state index is 12.3. The highest BCUT2D eigenvalue weighted by Crippen LogP contribution is 2.15. The molecule has 0 aliphatic carbocycles. The molecule has 2 rings (SSSR count). The van der Waals surface area contributed by atoms with E-state index in [1.165, 1.54) is 23.7 Å². The number of hydrogen-bond acceptors (Lipinski definition) is 4. The lowest BCUT2D eigenvalue weighted by molar-refractivity contribution is 0.466. The lowest BCUT2D eigenvalue weighted by Gasteiger charge is -2.16. The molecule has 19 heavy (non-hydrogen) atoms. The van der Waals surface area contributed by atoms with Gasteiger partial charge in [0, 0.05) is 13.6 Å². The minimum atomic E-state index is -3.60. The van der Waals surface area contributed by atoms with E-state index in [1.807, 2.05) is 30.3 Å². The van der Waals surface area contributed by atoms with Crippen molar-refractivity contribution in [3.8, 4) is 0 Å². The quantitative estimate of drug-likeness (QED) is 0.809. The SMILES string of the molecule is CN(Cc1ccccc1)S(=O)(=O)c1cnc(Cl)nc1. The molecular weight excluding hydrogens is 286 g/mol. The van der Waals surface area contributed by atoms with Crippen molar-refractivity contribution in [2.45, 2.75) is 11.4 Å². The van der Waals surface area contributed by atoms with E-state index < -0.39 is 10.0 Å². The van der Waals surface area contributed by atoms with Crippen molar-refractivity contribution >= 4 is 21.6 Å². The van der Waals surface area contributed by atoms with Gasteiger partial charge in [0.15, 0.2) is 0 Å². The Morgan fingerprint density at radius 3 is 2.32 bits per heavy atom. The molecule has 0 atom stereocenters. The summed E-state index contributed by atoms with van der Waals surface area (Å²) in [5.74, 6) is 0. The van der Waals surface area contributed by atoms with Gasteiger partial charge in [0.2, 0.25) is 15.3 Å². The fourth-order valence-corrected chi connectivity index (χ4v) is 2.69. The molecule has 0 bridgehead atoms. The number of halogens is 1. The van der Waals surface area contributed by atoms with E-state index >= 15 is 0 Å². The van der Waals surface area contributed by atoms with Gasteiger partial charge in [0.25, 0.3) is 0 Å². The monoisotopic (exact) mass is 297 g/mol. The molecule has 0 radical (unpaired) electrons. The molecule has 7 heteroatoms. The average Bonchev–Trinajstić information content (AvgIpc) is 2.40. The van der Waals surface area contributed by atoms with Gasteiger partial charge in [0.05, 0.1) is 12.4 Å². The number of benzene rings is 1. The number of rotatable bonds is 4. The highest BCUT2D eigenvalue weighted by Gasteiger charge is 2.21. The van der Waals surface area contributed by atoms with Gasteiger partial charge < -0.3 is 0 Å². The van der Waals surface area contributed by atoms with Gasteiger partial charge in [-0.15, -0.1) is 0 Å². The van der Waals surface area contributed by atoms with Crippen LogP contribution in [0.15, 0.2) is 47.6 Å². The Balaban J connectivity index is 2.22. The largest absolute Gasteiger partial charge is 0.246 e. The molecule has 1 aromatic carbocycles. The summed E-state index contributed by atoms with van der Waals surface area (Å²) in [5.41, 5.74) is 0.906. The summed E-state index contributed by atoms with van der Waals surface area (Å²) in [6.07, 6.45) is 2.40. The van der Waals surface area contributed by atoms with Crippen molar-refractivity contribution in [3.05, 3.63) is 53.6 Å². The minimum Gasteiger partial charge on any atom is -0.225 e. The maximum atomic E-state index is 12.3. The number of hydrogen-bond donors (Lipinski definition) is 0. The zero-order valence-electron chi connectivity index (χ0n) is 10.2. The molecule has 0 aliphatic heterocycles. The highest BCUT2D eigenvalue weighted by atomic mass is 35.5. The van der Waals surface area contributed by atoms with Crippen LogP contribution in [0.4, 0.5) is 0 Å². The molecule has 0 saturated heterocycles. The second-order valence-electron chi connectivity index (χ2n) is 3.93. The predicted octanol–water partition coefficient (Wildman–Crippen LogP) is 1.95. The number of nitrogens with zero attached hydrogens (tertiary/aromatic N) is 3. The topological polar surface area (TPSA) is 63.2 Å². The van der Waals surface area contributed by atoms with Gasteiger partial charge in [-0.25, -0.2) is 18.4 Å². The van der Waals surface area contributed by atoms with Crippen molar-refractivity contribution in [1.82, 2.24) is 14.3 Å². The Morgan fingerprint density at radius 1 is 1.16 bits per heavy atom. The minimum absolute atomic E-state index is 0.0182. The third kappa shape index (κ3) is 3.28. The molecule has 100 valence electrons. The summed E-state index contributed by atoms with van der Waals surface area (Å²) in [7, 11) is -2.09. The lowest BCUT2D eigenvalue weighted by atomic mass is 10.2. The van der Waals surface area contributed by atoms with Gasteiger partial charge >= 0.3 is 0 Å². The van der Waals surface area contributed by atoms with Crippen LogP contribution in [0.3, 0.4) is 0 Å². The zero-order chi connectivity index (χ0) is 13.9. The molecule has 2 aromatic rings. The van der Waals surface area contributed by atoms with Crippen LogP contribution in [-0.2, 0) is 16.6 Å². The second-order valence-corrected chi connectivity index (χ2v) is 6.32. The van der Waals surface area contributed by atoms with Crippen molar-refractivity contribution in [2.24, 2.45) is 0 Å². The lowest BCUT2D eigenvalue weighted by Crippen LogP contribution is -2.26. The molecule has 0 aliphatic rings. The molecular formula is C12H12ClN3O2S. The van der Waals surface area contributed by atoms with Crippen LogP contribution in [0.1, 0.15) is 5.56 Å². The van der Waals surface area contributed by atoms with E-state index in [0.29, 0.717) is 0 Å². The van der Waals surface area contributed by atoms with E-state index in [4.69, 9.17) is 11.6 Å². The van der Waals surface area contributed by atoms with Gasteiger partial charge in [-0.3, -0.25) is 0 Å². The molecule has 0 amide bonds. The third-order valence-corrected chi connectivity index (χ3v) is 4.50. The van der Waals surface area contributed by atoms with Crippen molar-refractivity contribution in [1.29, 1.82) is 0 Å². The Labute approximate surface area is 116 Å². The van der Waals surface area contributed by atoms with Crippen LogP contribution in [0.2, 0.25) is 5.28 Å². The first-order valence-corrected chi connectivity index (χ1v) is 7.30. The third-order valence-electron chi connectivity index (χ3n) is 2.55. The summed E-state index contributed by atoms with van der Waals surface area (Å²) in [6, 6.07) is 9.34. The highest BCUT2D eigenvalue weighted by molar-refractivity contribution is 7.89. The number of aromatic nitrogens is 2. The van der Waals surface area contributed by atoms with Gasteiger partial charge in [0.1, 0.15) is 4.90 Å². The molecule has 0 saturated carbocycles. The van der Waals surface area contributed by atoms with Crippen molar-refractivity contribution in [2.75, 3.05) is 7.05 Å². The standard InChI is InChI=1S/C12H12ClN3O2S/c1-16(9-10-5-3-2-4-6-10)19(17,18)11-7-14-12(13)15-8-11/h2-8H,9H2,1H3. The van der Waals surface area contributed by atoms with E-state index in [9.17, 15) is 8.42 Å². The van der Waals surface area contributed by atoms with E-state index in [-0.39, 0.29) is 16.7 Å².